The van der Waals surface area contributed by atoms with E-state index in [4.69, 9.17) is 28.4 Å². The average molecular weight is 657 g/mol. The quantitative estimate of drug-likeness (QED) is 0.147. The van der Waals surface area contributed by atoms with Crippen LogP contribution in [-0.4, -0.2) is 85.4 Å². The summed E-state index contributed by atoms with van der Waals surface area (Å²) in [5, 5.41) is 0. The van der Waals surface area contributed by atoms with E-state index < -0.39 is 9.84 Å². The number of nitrogens with zero attached hydrogens (tertiary/aromatic N) is 2. The summed E-state index contributed by atoms with van der Waals surface area (Å²) in [4.78, 5) is 4.92. The van der Waals surface area contributed by atoms with Crippen LogP contribution in [0.25, 0.3) is 0 Å². The van der Waals surface area contributed by atoms with Gasteiger partial charge in [-0.3, -0.25) is 0 Å². The maximum atomic E-state index is 13.4. The summed E-state index contributed by atoms with van der Waals surface area (Å²) in [6.45, 7) is 6.57. The smallest absolute Gasteiger partial charge is 0.206 e. The molecule has 4 heterocycles. The lowest BCUT2D eigenvalue weighted by molar-refractivity contribution is 0.388. The molecule has 4 aromatic rings. The van der Waals surface area contributed by atoms with Gasteiger partial charge in [0.15, 0.2) is 0 Å². The highest BCUT2D eigenvalue weighted by Crippen LogP contribution is 2.31. The molecule has 8 rings (SSSR count). The molecule has 4 fully saturated rings. The van der Waals surface area contributed by atoms with Crippen molar-refractivity contribution in [2.45, 2.75) is 34.2 Å². The largest absolute Gasteiger partial charge is 0.457 e. The third kappa shape index (κ3) is 7.89. The first-order valence-electron chi connectivity index (χ1n) is 15.9. The van der Waals surface area contributed by atoms with Gasteiger partial charge in [0.2, 0.25) is 9.84 Å². The van der Waals surface area contributed by atoms with Crippen molar-refractivity contribution < 1.29 is 36.8 Å². The number of ether oxygens (including phenoxy) is 6. The summed E-state index contributed by atoms with van der Waals surface area (Å²) in [7, 11) is -3.73. The molecule has 4 aliphatic rings. The lowest BCUT2D eigenvalue weighted by atomic mass is 10.2. The topological polar surface area (TPSA) is 109 Å². The molecule has 10 nitrogen and oxygen atoms in total. The Morgan fingerprint density at radius 2 is 0.723 bits per heavy atom. The van der Waals surface area contributed by atoms with Crippen molar-refractivity contribution in [1.82, 2.24) is 0 Å². The summed E-state index contributed by atoms with van der Waals surface area (Å²) in [6.07, 6.45) is 1.13. The summed E-state index contributed by atoms with van der Waals surface area (Å²) >= 11 is 0. The van der Waals surface area contributed by atoms with Crippen molar-refractivity contribution in [3.05, 3.63) is 97.1 Å². The molecule has 4 aromatic carbocycles. The standard InChI is InChI=1S/C36H36N2O8S/c39-47(40,35-13-9-29(10-14-35)45-27-5-1-25(2-6-27)37(17-31-21-41-31)18-32-22-42-32)36-15-11-30(12-16-36)46-28-7-3-26(4-8-28)38(19-33-23-43-33)20-34-24-44-34/h1-16,31-34H,17-24H2. The molecule has 0 amide bonds. The highest BCUT2D eigenvalue weighted by atomic mass is 32.2. The van der Waals surface area contributed by atoms with E-state index in [-0.39, 0.29) is 34.2 Å². The van der Waals surface area contributed by atoms with Gasteiger partial charge < -0.3 is 38.2 Å². The lowest BCUT2D eigenvalue weighted by Gasteiger charge is -2.23. The first kappa shape index (κ1) is 30.2. The van der Waals surface area contributed by atoms with Crippen molar-refractivity contribution in [3.8, 4) is 23.0 Å². The number of hydrogen-bond donors (Lipinski definition) is 0. The molecule has 0 saturated carbocycles. The Labute approximate surface area is 274 Å². The average Bonchev–Trinajstić information content (AvgIpc) is 3.89. The fourth-order valence-corrected chi connectivity index (χ4v) is 6.74. The molecule has 0 N–H and O–H groups in total. The van der Waals surface area contributed by atoms with E-state index in [1.54, 1.807) is 48.5 Å². The normalized spacial score (nSPS) is 22.3. The molecule has 0 spiro atoms. The second-order valence-electron chi connectivity index (χ2n) is 12.3. The van der Waals surface area contributed by atoms with Crippen LogP contribution < -0.4 is 19.3 Å². The summed E-state index contributed by atoms with van der Waals surface area (Å²) in [5.41, 5.74) is 2.17. The second-order valence-corrected chi connectivity index (χ2v) is 14.2. The Morgan fingerprint density at radius 3 is 0.979 bits per heavy atom. The van der Waals surface area contributed by atoms with Crippen LogP contribution in [0.1, 0.15) is 0 Å². The zero-order valence-electron chi connectivity index (χ0n) is 25.8. The van der Waals surface area contributed by atoms with Gasteiger partial charge in [-0.25, -0.2) is 8.42 Å². The Bertz CT molecular complexity index is 1610. The van der Waals surface area contributed by atoms with Crippen molar-refractivity contribution in [2.75, 3.05) is 62.4 Å². The molecule has 11 heteroatoms. The monoisotopic (exact) mass is 656 g/mol. The molecule has 0 radical (unpaired) electrons. The summed E-state index contributed by atoms with van der Waals surface area (Å²) in [5.74, 6) is 2.42. The van der Waals surface area contributed by atoms with Crippen LogP contribution in [-0.2, 0) is 28.8 Å². The van der Waals surface area contributed by atoms with E-state index in [1.165, 1.54) is 0 Å². The Kier molecular flexibility index (Phi) is 8.24. The van der Waals surface area contributed by atoms with Crippen molar-refractivity contribution in [1.29, 1.82) is 0 Å². The van der Waals surface area contributed by atoms with Gasteiger partial charge in [-0.05, 0) is 97.1 Å². The van der Waals surface area contributed by atoms with Crippen LogP contribution in [0.5, 0.6) is 23.0 Å². The third-order valence-corrected chi connectivity index (χ3v) is 10.2. The van der Waals surface area contributed by atoms with Crippen LogP contribution >= 0.6 is 0 Å². The minimum atomic E-state index is -3.73. The van der Waals surface area contributed by atoms with Crippen molar-refractivity contribution in [2.24, 2.45) is 0 Å². The predicted molar refractivity (Wildman–Crippen MR) is 175 cm³/mol. The second kappa shape index (κ2) is 12.8. The highest BCUT2D eigenvalue weighted by Gasteiger charge is 2.32. The molecule has 0 bridgehead atoms. The molecule has 0 aliphatic carbocycles. The summed E-state index contributed by atoms with van der Waals surface area (Å²) < 4.78 is 60.4. The fraction of sp³-hybridized carbons (Fsp3) is 0.333. The molecule has 4 unspecified atom stereocenters. The van der Waals surface area contributed by atoms with E-state index in [9.17, 15) is 8.42 Å². The molecular weight excluding hydrogens is 620 g/mol. The first-order valence-corrected chi connectivity index (χ1v) is 17.4. The lowest BCUT2D eigenvalue weighted by Crippen LogP contribution is -2.31. The Morgan fingerprint density at radius 1 is 0.468 bits per heavy atom. The zero-order chi connectivity index (χ0) is 31.8. The number of anilines is 2. The van der Waals surface area contributed by atoms with Crippen molar-refractivity contribution in [3.63, 3.8) is 0 Å². The maximum absolute atomic E-state index is 13.4. The van der Waals surface area contributed by atoms with Crippen LogP contribution in [0.3, 0.4) is 0 Å². The van der Waals surface area contributed by atoms with Crippen LogP contribution in [0, 0.1) is 0 Å². The van der Waals surface area contributed by atoms with Gasteiger partial charge in [-0.15, -0.1) is 0 Å². The van der Waals surface area contributed by atoms with Crippen LogP contribution in [0.15, 0.2) is 107 Å². The van der Waals surface area contributed by atoms with Crippen LogP contribution in [0.4, 0.5) is 11.4 Å². The van der Waals surface area contributed by atoms with Crippen LogP contribution in [0.2, 0.25) is 0 Å². The predicted octanol–water partition coefficient (Wildman–Crippen LogP) is 5.31. The number of hydrogen-bond acceptors (Lipinski definition) is 10. The third-order valence-electron chi connectivity index (χ3n) is 8.45. The molecule has 4 atom stereocenters. The molecule has 244 valence electrons. The van der Waals surface area contributed by atoms with Gasteiger partial charge in [0.05, 0.1) is 60.6 Å². The van der Waals surface area contributed by atoms with E-state index >= 15 is 0 Å². The van der Waals surface area contributed by atoms with E-state index in [0.29, 0.717) is 23.0 Å². The zero-order valence-corrected chi connectivity index (χ0v) is 26.6. The molecule has 0 aromatic heterocycles. The number of rotatable bonds is 16. The van der Waals surface area contributed by atoms with Gasteiger partial charge in [0, 0.05) is 37.6 Å². The van der Waals surface area contributed by atoms with Gasteiger partial charge in [0.25, 0.3) is 0 Å². The maximum Gasteiger partial charge on any atom is 0.206 e. The first-order chi connectivity index (χ1) is 22.9. The molecular formula is C36H36N2O8S. The number of epoxide rings is 4. The number of sulfone groups is 1. The molecule has 4 saturated heterocycles. The SMILES string of the molecule is O=S(=O)(c1ccc(Oc2ccc(N(CC3CO3)CC3CO3)cc2)cc1)c1ccc(Oc2ccc(N(CC3CO3)CC3CO3)cc2)cc1. The van der Waals surface area contributed by atoms with E-state index in [2.05, 4.69) is 9.80 Å². The molecule has 47 heavy (non-hydrogen) atoms. The van der Waals surface area contributed by atoms with Gasteiger partial charge in [0.1, 0.15) is 23.0 Å². The van der Waals surface area contributed by atoms with Gasteiger partial charge in [-0.1, -0.05) is 0 Å². The van der Waals surface area contributed by atoms with Gasteiger partial charge >= 0.3 is 0 Å². The fourth-order valence-electron chi connectivity index (χ4n) is 5.48. The van der Waals surface area contributed by atoms with E-state index in [1.807, 2.05) is 48.5 Å². The van der Waals surface area contributed by atoms with Crippen molar-refractivity contribution >= 4 is 21.2 Å². The van der Waals surface area contributed by atoms with Gasteiger partial charge in [-0.2, -0.15) is 0 Å². The minimum absolute atomic E-state index is 0.183. The minimum Gasteiger partial charge on any atom is -0.457 e. The molecule has 4 aliphatic heterocycles. The van der Waals surface area contributed by atoms with E-state index in [0.717, 1.165) is 64.0 Å². The summed E-state index contributed by atoms with van der Waals surface area (Å²) in [6, 6.07) is 28.6. The Balaban J connectivity index is 0.874. The number of benzene rings is 4. The highest BCUT2D eigenvalue weighted by molar-refractivity contribution is 7.91. The Hall–Kier alpha value is -4.13.